The van der Waals surface area contributed by atoms with E-state index in [0.29, 0.717) is 28.4 Å². The number of halogens is 1. The van der Waals surface area contributed by atoms with E-state index >= 15 is 0 Å². The first-order chi connectivity index (χ1) is 22.6. The third-order valence-electron chi connectivity index (χ3n) is 9.58. The normalized spacial score (nSPS) is 17.1. The largest absolute Gasteiger partial charge is 0.495 e. The first-order valence-corrected chi connectivity index (χ1v) is 20.2. The van der Waals surface area contributed by atoms with E-state index in [1.54, 1.807) is 26.6 Å². The molecular weight excluding hydrogens is 629 g/mol. The highest BCUT2D eigenvalue weighted by Crippen LogP contribution is 2.40. The predicted octanol–water partition coefficient (Wildman–Crippen LogP) is 7.17. The Labute approximate surface area is 286 Å². The number of unbranched alkanes of at least 4 members (excludes halogenated alkanes) is 1. The molecule has 0 saturated carbocycles. The minimum Gasteiger partial charge on any atom is -0.495 e. The molecule has 2 aromatic carbocycles. The van der Waals surface area contributed by atoms with Crippen LogP contribution in [0.25, 0.3) is 0 Å². The number of likely N-dealkylation sites (tertiary alicyclic amines) is 1. The number of methoxy groups -OCH3 is 1. The van der Waals surface area contributed by atoms with Gasteiger partial charge in [-0.25, -0.2) is 4.98 Å². The fourth-order valence-electron chi connectivity index (χ4n) is 6.83. The molecule has 0 radical (unpaired) electrons. The second kappa shape index (κ2) is 16.6. The lowest BCUT2D eigenvalue weighted by atomic mass is 9.86. The highest BCUT2D eigenvalue weighted by molar-refractivity contribution is 7.70. The average molecular weight is 682 g/mol. The quantitative estimate of drug-likeness (QED) is 0.172. The molecule has 1 aromatic heterocycles. The van der Waals surface area contributed by atoms with Gasteiger partial charge in [-0.05, 0) is 120 Å². The molecular formula is C36H53ClN7O2P. The van der Waals surface area contributed by atoms with Crippen LogP contribution in [0.4, 0.5) is 23.1 Å². The van der Waals surface area contributed by atoms with Crippen LogP contribution < -0.4 is 20.7 Å². The van der Waals surface area contributed by atoms with E-state index in [2.05, 4.69) is 61.3 Å². The van der Waals surface area contributed by atoms with Gasteiger partial charge in [0, 0.05) is 31.5 Å². The van der Waals surface area contributed by atoms with Crippen LogP contribution in [0.1, 0.15) is 56.1 Å². The maximum absolute atomic E-state index is 12.9. The summed E-state index contributed by atoms with van der Waals surface area (Å²) >= 11 is 6.48. The van der Waals surface area contributed by atoms with Gasteiger partial charge in [0.05, 0.1) is 24.7 Å². The molecule has 9 nitrogen and oxygen atoms in total. The molecule has 2 aliphatic heterocycles. The predicted molar refractivity (Wildman–Crippen MR) is 198 cm³/mol. The zero-order valence-corrected chi connectivity index (χ0v) is 30.5. The van der Waals surface area contributed by atoms with Gasteiger partial charge in [0.15, 0.2) is 5.82 Å². The standard InChI is InChI=1S/C36H53ClN7O2P/c1-6-7-15-43-20-22-44(23-21-43)17-10-16-42-18-13-28(14-19-42)29-25-33(46-3)32(24-27(29)2)40-36-38-26-30(37)35(41-36)39-31-11-8-9-12-34(31)47(4,5)45/h8-9,11-12,24-26,28H,6-7,10,13-23H2,1-5H3,(H2,38,39,40,41). The first-order valence-electron chi connectivity index (χ1n) is 17.2. The highest BCUT2D eigenvalue weighted by Gasteiger charge is 2.24. The molecule has 0 unspecified atom stereocenters. The topological polar surface area (TPSA) is 85.9 Å². The Hall–Kier alpha value is -2.68. The van der Waals surface area contributed by atoms with E-state index in [4.69, 9.17) is 16.3 Å². The lowest BCUT2D eigenvalue weighted by Crippen LogP contribution is -2.47. The second-order valence-corrected chi connectivity index (χ2v) is 17.0. The number of piperidine rings is 1. The number of nitrogens with zero attached hydrogens (tertiary/aromatic N) is 5. The number of aryl methyl sites for hydroxylation is 1. The molecule has 2 saturated heterocycles. The lowest BCUT2D eigenvalue weighted by Gasteiger charge is -2.36. The minimum absolute atomic E-state index is 0.373. The fraction of sp³-hybridized carbons (Fsp3) is 0.556. The van der Waals surface area contributed by atoms with Gasteiger partial charge in [-0.3, -0.25) is 0 Å². The third-order valence-corrected chi connectivity index (χ3v) is 11.4. The van der Waals surface area contributed by atoms with E-state index in [9.17, 15) is 4.57 Å². The Bertz CT molecular complexity index is 1520. The van der Waals surface area contributed by atoms with E-state index in [1.165, 1.54) is 76.2 Å². The van der Waals surface area contributed by atoms with Crippen molar-refractivity contribution >= 4 is 47.2 Å². The van der Waals surface area contributed by atoms with Crippen LogP contribution in [0.3, 0.4) is 0 Å². The van der Waals surface area contributed by atoms with Gasteiger partial charge in [-0.2, -0.15) is 4.98 Å². The van der Waals surface area contributed by atoms with Crippen molar-refractivity contribution in [1.29, 1.82) is 0 Å². The smallest absolute Gasteiger partial charge is 0.229 e. The molecule has 0 aliphatic carbocycles. The number of hydrogen-bond donors (Lipinski definition) is 2. The summed E-state index contributed by atoms with van der Waals surface area (Å²) in [6.07, 6.45) is 7.74. The first kappa shape index (κ1) is 35.6. The van der Waals surface area contributed by atoms with Crippen molar-refractivity contribution in [1.82, 2.24) is 24.7 Å². The van der Waals surface area contributed by atoms with Crippen LogP contribution in [0.2, 0.25) is 5.02 Å². The molecule has 47 heavy (non-hydrogen) atoms. The van der Waals surface area contributed by atoms with Gasteiger partial charge in [0.1, 0.15) is 17.9 Å². The molecule has 0 spiro atoms. The monoisotopic (exact) mass is 681 g/mol. The number of benzene rings is 2. The van der Waals surface area contributed by atoms with Crippen molar-refractivity contribution in [2.75, 3.05) is 90.0 Å². The molecule has 2 fully saturated rings. The molecule has 256 valence electrons. The van der Waals surface area contributed by atoms with Crippen LogP contribution in [-0.2, 0) is 4.57 Å². The molecule has 0 atom stereocenters. The van der Waals surface area contributed by atoms with Gasteiger partial charge in [-0.1, -0.05) is 37.1 Å². The number of para-hydroxylation sites is 1. The van der Waals surface area contributed by atoms with Crippen LogP contribution in [0.15, 0.2) is 42.6 Å². The molecule has 3 aromatic rings. The van der Waals surface area contributed by atoms with Gasteiger partial charge < -0.3 is 34.6 Å². The van der Waals surface area contributed by atoms with Crippen LogP contribution >= 0.6 is 18.7 Å². The summed E-state index contributed by atoms with van der Waals surface area (Å²) in [5.41, 5.74) is 4.10. The number of rotatable bonds is 14. The Morgan fingerprint density at radius 2 is 1.55 bits per heavy atom. The summed E-state index contributed by atoms with van der Waals surface area (Å²) in [7, 11) is -0.811. The van der Waals surface area contributed by atoms with Crippen molar-refractivity contribution < 1.29 is 9.30 Å². The van der Waals surface area contributed by atoms with E-state index in [0.717, 1.165) is 42.7 Å². The van der Waals surface area contributed by atoms with Crippen molar-refractivity contribution in [2.45, 2.75) is 51.9 Å². The summed E-state index contributed by atoms with van der Waals surface area (Å²) in [6.45, 7) is 18.8. The average Bonchev–Trinajstić information content (AvgIpc) is 3.06. The molecule has 0 bridgehead atoms. The van der Waals surface area contributed by atoms with Crippen molar-refractivity contribution in [3.8, 4) is 5.75 Å². The molecule has 11 heteroatoms. The van der Waals surface area contributed by atoms with E-state index in [-0.39, 0.29) is 0 Å². The van der Waals surface area contributed by atoms with E-state index < -0.39 is 7.14 Å². The summed E-state index contributed by atoms with van der Waals surface area (Å²) in [5, 5.41) is 7.74. The zero-order chi connectivity index (χ0) is 33.4. The van der Waals surface area contributed by atoms with Crippen molar-refractivity contribution in [2.24, 2.45) is 0 Å². The van der Waals surface area contributed by atoms with Gasteiger partial charge in [0.25, 0.3) is 0 Å². The molecule has 2 N–H and O–H groups in total. The third kappa shape index (κ3) is 9.70. The van der Waals surface area contributed by atoms with Crippen LogP contribution in [0, 0.1) is 6.92 Å². The number of piperazine rings is 1. The lowest BCUT2D eigenvalue weighted by molar-refractivity contribution is 0.123. The number of nitrogens with one attached hydrogen (secondary N) is 2. The van der Waals surface area contributed by atoms with Gasteiger partial charge >= 0.3 is 0 Å². The van der Waals surface area contributed by atoms with Gasteiger partial charge in [-0.15, -0.1) is 0 Å². The minimum atomic E-state index is -2.51. The Balaban J connectivity index is 1.16. The van der Waals surface area contributed by atoms with Crippen molar-refractivity contribution in [3.05, 3.63) is 58.7 Å². The summed E-state index contributed by atoms with van der Waals surface area (Å²) < 4.78 is 18.7. The number of ether oxygens (including phenoxy) is 1. The summed E-state index contributed by atoms with van der Waals surface area (Å²) in [5.74, 6) is 2.11. The second-order valence-electron chi connectivity index (χ2n) is 13.4. The SMILES string of the molecule is CCCCN1CCN(CCCN2CCC(c3cc(OC)c(Nc4ncc(Cl)c(Nc5ccccc5P(C)(C)=O)n4)cc3C)CC2)CC1. The summed E-state index contributed by atoms with van der Waals surface area (Å²) in [6, 6.07) is 11.8. The Morgan fingerprint density at radius 3 is 2.19 bits per heavy atom. The molecule has 3 heterocycles. The summed E-state index contributed by atoms with van der Waals surface area (Å²) in [4.78, 5) is 17.0. The number of hydrogen-bond acceptors (Lipinski definition) is 9. The number of aromatic nitrogens is 2. The maximum Gasteiger partial charge on any atom is 0.229 e. The highest BCUT2D eigenvalue weighted by atomic mass is 35.5. The molecule has 0 amide bonds. The van der Waals surface area contributed by atoms with Crippen LogP contribution in [0.5, 0.6) is 5.75 Å². The van der Waals surface area contributed by atoms with Gasteiger partial charge in [0.2, 0.25) is 5.95 Å². The van der Waals surface area contributed by atoms with Crippen LogP contribution in [-0.4, -0.2) is 104 Å². The molecule has 2 aliphatic rings. The zero-order valence-electron chi connectivity index (χ0n) is 28.9. The van der Waals surface area contributed by atoms with E-state index in [1.807, 2.05) is 24.3 Å². The maximum atomic E-state index is 12.9. The number of anilines is 4. The Morgan fingerprint density at radius 1 is 0.915 bits per heavy atom. The van der Waals surface area contributed by atoms with Crippen molar-refractivity contribution in [3.63, 3.8) is 0 Å². The molecule has 5 rings (SSSR count). The fourth-order valence-corrected chi connectivity index (χ4v) is 8.12. The Kier molecular flexibility index (Phi) is 12.6.